The summed E-state index contributed by atoms with van der Waals surface area (Å²) in [6, 6.07) is 0. The lowest BCUT2D eigenvalue weighted by atomic mass is 9.33. The molecule has 5 aliphatic carbocycles. The van der Waals surface area contributed by atoms with Gasteiger partial charge in [0.1, 0.15) is 72.6 Å². The summed E-state index contributed by atoms with van der Waals surface area (Å²) in [5, 5.41) is 144. The van der Waals surface area contributed by atoms with Gasteiger partial charge in [0.25, 0.3) is 0 Å². The summed E-state index contributed by atoms with van der Waals surface area (Å²) < 4.78 is 47.7. The van der Waals surface area contributed by atoms with Crippen LogP contribution in [0.1, 0.15) is 114 Å². The van der Waals surface area contributed by atoms with Crippen LogP contribution in [0.4, 0.5) is 0 Å². The third-order valence-electron chi connectivity index (χ3n) is 21.0. The molecule has 13 N–H and O–H groups in total. The zero-order valence-corrected chi connectivity index (χ0v) is 44.6. The van der Waals surface area contributed by atoms with Gasteiger partial charge in [0, 0.05) is 5.41 Å². The molecule has 0 spiro atoms. The highest BCUT2D eigenvalue weighted by Crippen LogP contribution is 2.76. The minimum absolute atomic E-state index is 0.0896. The first-order chi connectivity index (χ1) is 34.9. The van der Waals surface area contributed by atoms with Crippen molar-refractivity contribution < 1.29 is 109 Å². The second kappa shape index (κ2) is 20.4. The second-order valence-electron chi connectivity index (χ2n) is 25.9. The lowest BCUT2D eigenvalue weighted by Gasteiger charge is -2.72. The number of ether oxygens (including phenoxy) is 8. The maximum absolute atomic E-state index is 15.4. The number of aliphatic hydroxyl groups excluding tert-OH is 13. The van der Waals surface area contributed by atoms with Crippen LogP contribution in [-0.4, -0.2) is 221 Å². The van der Waals surface area contributed by atoms with E-state index in [1.807, 2.05) is 6.92 Å². The van der Waals surface area contributed by atoms with E-state index in [-0.39, 0.29) is 49.7 Å². The van der Waals surface area contributed by atoms with Crippen molar-refractivity contribution in [1.29, 1.82) is 0 Å². The van der Waals surface area contributed by atoms with Crippen LogP contribution in [0.25, 0.3) is 0 Å². The molecular weight excluding hydrogens is 989 g/mol. The third-order valence-corrected chi connectivity index (χ3v) is 21.0. The highest BCUT2D eigenvalue weighted by atomic mass is 16.8. The van der Waals surface area contributed by atoms with Crippen LogP contribution in [0.3, 0.4) is 0 Å². The molecule has 4 heterocycles. The average molecular weight is 1080 g/mol. The van der Waals surface area contributed by atoms with Crippen molar-refractivity contribution in [3.8, 4) is 0 Å². The number of hydrogen-bond acceptors (Lipinski definition) is 22. The molecule has 0 amide bonds. The Morgan fingerprint density at radius 1 is 0.600 bits per heavy atom. The van der Waals surface area contributed by atoms with Crippen LogP contribution in [0.2, 0.25) is 0 Å². The van der Waals surface area contributed by atoms with Gasteiger partial charge in [0.05, 0.1) is 49.8 Å². The highest BCUT2D eigenvalue weighted by Gasteiger charge is 2.73. The first kappa shape index (κ1) is 58.1. The Bertz CT molecular complexity index is 2100. The van der Waals surface area contributed by atoms with E-state index in [9.17, 15) is 66.4 Å². The predicted octanol–water partition coefficient (Wildman–Crippen LogP) is -1.40. The molecule has 4 aliphatic heterocycles. The first-order valence-electron chi connectivity index (χ1n) is 27.2. The third kappa shape index (κ3) is 9.12. The fraction of sp³-hybridized carbons (Fsp3) is 0.943. The fourth-order valence-corrected chi connectivity index (χ4v) is 16.3. The lowest BCUT2D eigenvalue weighted by Crippen LogP contribution is -2.70. The number of rotatable bonds is 9. The zero-order valence-electron chi connectivity index (χ0n) is 44.6. The van der Waals surface area contributed by atoms with E-state index in [1.54, 1.807) is 6.92 Å². The summed E-state index contributed by atoms with van der Waals surface area (Å²) >= 11 is 0. The second-order valence-corrected chi connectivity index (χ2v) is 25.9. The van der Waals surface area contributed by atoms with Crippen molar-refractivity contribution in [2.24, 2.45) is 50.2 Å². The molecule has 9 rings (SSSR count). The van der Waals surface area contributed by atoms with Gasteiger partial charge in [0.2, 0.25) is 6.29 Å². The Morgan fingerprint density at radius 2 is 1.17 bits per heavy atom. The molecule has 430 valence electrons. The van der Waals surface area contributed by atoms with Crippen molar-refractivity contribution >= 4 is 5.97 Å². The maximum atomic E-state index is 15.4. The molecule has 30 unspecified atom stereocenters. The zero-order chi connectivity index (χ0) is 55.0. The molecule has 75 heavy (non-hydrogen) atoms. The molecule has 0 aromatic heterocycles. The Balaban J connectivity index is 0.973. The minimum atomic E-state index is -1.89. The van der Waals surface area contributed by atoms with Gasteiger partial charge in [-0.1, -0.05) is 53.2 Å². The van der Waals surface area contributed by atoms with Crippen molar-refractivity contribution in [1.82, 2.24) is 0 Å². The van der Waals surface area contributed by atoms with Crippen molar-refractivity contribution in [3.63, 3.8) is 0 Å². The highest BCUT2D eigenvalue weighted by molar-refractivity contribution is 5.80. The molecule has 0 radical (unpaired) electrons. The number of aliphatic hydroxyl groups is 13. The molecule has 4 saturated carbocycles. The van der Waals surface area contributed by atoms with E-state index in [0.29, 0.717) is 32.1 Å². The molecule has 8 fully saturated rings. The number of allylic oxidation sites excluding steroid dienone is 2. The number of fused-ring (bicyclic) bond motifs is 7. The largest absolute Gasteiger partial charge is 0.432 e. The van der Waals surface area contributed by atoms with Crippen LogP contribution < -0.4 is 0 Å². The summed E-state index contributed by atoms with van der Waals surface area (Å²) in [6.07, 6.45) is -26.3. The van der Waals surface area contributed by atoms with E-state index in [2.05, 4.69) is 40.7 Å². The molecule has 4 saturated heterocycles. The monoisotopic (exact) mass is 1070 g/mol. The van der Waals surface area contributed by atoms with Crippen molar-refractivity contribution in [3.05, 3.63) is 11.6 Å². The van der Waals surface area contributed by atoms with Crippen molar-refractivity contribution in [2.75, 3.05) is 13.2 Å². The van der Waals surface area contributed by atoms with Gasteiger partial charge in [-0.25, -0.2) is 0 Å². The van der Waals surface area contributed by atoms with Gasteiger partial charge in [0.15, 0.2) is 25.0 Å². The lowest BCUT2D eigenvalue weighted by molar-refractivity contribution is -0.373. The molecular formula is C53H86O22. The van der Waals surface area contributed by atoms with E-state index < -0.39 is 174 Å². The topological polar surface area (TPSA) is 354 Å². The Hall–Kier alpha value is -1.59. The molecule has 30 atom stereocenters. The molecule has 22 heteroatoms. The molecule has 22 nitrogen and oxygen atoms in total. The van der Waals surface area contributed by atoms with E-state index >= 15 is 4.79 Å². The Morgan fingerprint density at radius 3 is 1.84 bits per heavy atom. The van der Waals surface area contributed by atoms with Gasteiger partial charge >= 0.3 is 5.97 Å². The van der Waals surface area contributed by atoms with Crippen LogP contribution in [0.15, 0.2) is 11.6 Å². The molecule has 0 aromatic rings. The van der Waals surface area contributed by atoms with Gasteiger partial charge in [-0.3, -0.25) is 4.79 Å². The van der Waals surface area contributed by atoms with Crippen LogP contribution in [0, 0.1) is 50.2 Å². The van der Waals surface area contributed by atoms with E-state index in [4.69, 9.17) is 37.9 Å². The number of carbonyl (C=O) groups is 1. The van der Waals surface area contributed by atoms with Crippen molar-refractivity contribution in [2.45, 2.75) is 249 Å². The quantitative estimate of drug-likeness (QED) is 0.0717. The molecule has 9 aliphatic rings. The maximum Gasteiger partial charge on any atom is 0.317 e. The first-order valence-corrected chi connectivity index (χ1v) is 27.2. The summed E-state index contributed by atoms with van der Waals surface area (Å²) in [4.78, 5) is 15.4. The number of esters is 1. The summed E-state index contributed by atoms with van der Waals surface area (Å²) in [5.74, 6) is -1.63. The standard InChI is InChI=1S/C53H86O22/c1-21-31(58)34(61)38(65)45(69-21)74-42-26(55)17-49(6)28(50(42,7)20-54)12-13-51(8)29(49)11-10-24-25-16-48(4,5)14-15-53(25,30(57)18-52(24,51)9)47(67)75-46-41(35(62)32(59)22(2)70-46)73-44-39(66)36(63)40(23(3)71-44)72-43-37(64)33(60)27(56)19-68-43/h10,21-23,25-46,54-66H,11-20H2,1-9H3. The van der Waals surface area contributed by atoms with Crippen LogP contribution in [0.5, 0.6) is 0 Å². The number of hydrogen-bond donors (Lipinski definition) is 13. The van der Waals surface area contributed by atoms with Gasteiger partial charge < -0.3 is 104 Å². The van der Waals surface area contributed by atoms with Gasteiger partial charge in [-0.15, -0.1) is 0 Å². The normalized spacial score (nSPS) is 56.8. The van der Waals surface area contributed by atoms with E-state index in [0.717, 1.165) is 5.57 Å². The van der Waals surface area contributed by atoms with Gasteiger partial charge in [-0.2, -0.15) is 0 Å². The SMILES string of the molecule is CC1OC(OC2C(O)CC3(C)C(CCC4(C)C3CC=C3C5CC(C)(C)CCC5(C(=O)OC5OC(C)C(O)C(O)C5OC5OC(C)C(OC6OCC(O)C(O)C6O)C(O)C5O)C(O)CC34C)C2(C)CO)C(O)C(O)C1O. The summed E-state index contributed by atoms with van der Waals surface area (Å²) in [7, 11) is 0. The Kier molecular flexibility index (Phi) is 15.8. The predicted molar refractivity (Wildman–Crippen MR) is 257 cm³/mol. The fourth-order valence-electron chi connectivity index (χ4n) is 16.3. The summed E-state index contributed by atoms with van der Waals surface area (Å²) in [5.41, 5.74) is -3.61. The van der Waals surface area contributed by atoms with E-state index in [1.165, 1.54) is 13.8 Å². The molecule has 0 bridgehead atoms. The molecule has 0 aromatic carbocycles. The minimum Gasteiger partial charge on any atom is -0.432 e. The Labute approximate surface area is 437 Å². The number of carbonyl (C=O) groups excluding carboxylic acids is 1. The summed E-state index contributed by atoms with van der Waals surface area (Å²) in [6.45, 7) is 16.4. The van der Waals surface area contributed by atoms with Crippen LogP contribution in [-0.2, 0) is 42.7 Å². The van der Waals surface area contributed by atoms with Crippen LogP contribution >= 0.6 is 0 Å². The smallest absolute Gasteiger partial charge is 0.317 e. The van der Waals surface area contributed by atoms with Gasteiger partial charge in [-0.05, 0) is 112 Å². The average Bonchev–Trinajstić information content (AvgIpc) is 3.34.